The molecule has 3 aliphatic rings. The summed E-state index contributed by atoms with van der Waals surface area (Å²) < 4.78 is 26.6. The molecule has 2 heterocycles. The Kier molecular flexibility index (Phi) is 3.62. The van der Waals surface area contributed by atoms with Crippen molar-refractivity contribution in [2.45, 2.75) is 37.0 Å². The molecule has 3 fully saturated rings. The first-order valence-electron chi connectivity index (χ1n) is 7.11. The van der Waals surface area contributed by atoms with Gasteiger partial charge in [0.2, 0.25) is 10.0 Å². The van der Waals surface area contributed by atoms with Crippen molar-refractivity contribution in [1.29, 1.82) is 0 Å². The molecule has 2 aliphatic heterocycles. The van der Waals surface area contributed by atoms with E-state index in [1.807, 2.05) is 0 Å². The lowest BCUT2D eigenvalue weighted by Crippen LogP contribution is -2.62. The van der Waals surface area contributed by atoms with Gasteiger partial charge in [-0.2, -0.15) is 4.31 Å². The fourth-order valence-electron chi connectivity index (χ4n) is 3.25. The van der Waals surface area contributed by atoms with Gasteiger partial charge in [-0.3, -0.25) is 4.90 Å². The topological polar surface area (TPSA) is 52.7 Å². The van der Waals surface area contributed by atoms with Gasteiger partial charge in [-0.25, -0.2) is 8.42 Å². The molecule has 0 aromatic carbocycles. The van der Waals surface area contributed by atoms with E-state index in [-0.39, 0.29) is 5.25 Å². The highest BCUT2D eigenvalue weighted by Crippen LogP contribution is 2.27. The first-order valence-corrected chi connectivity index (χ1v) is 8.62. The number of hydrogen-bond acceptors (Lipinski definition) is 4. The lowest BCUT2D eigenvalue weighted by Gasteiger charge is -2.43. The fourth-order valence-corrected chi connectivity index (χ4v) is 5.27. The van der Waals surface area contributed by atoms with Crippen molar-refractivity contribution in [3.8, 4) is 0 Å². The zero-order valence-electron chi connectivity index (χ0n) is 10.8. The zero-order chi connectivity index (χ0) is 12.6. The summed E-state index contributed by atoms with van der Waals surface area (Å²) in [6, 6.07) is 0.640. The van der Waals surface area contributed by atoms with Crippen molar-refractivity contribution < 1.29 is 8.42 Å². The van der Waals surface area contributed by atoms with E-state index < -0.39 is 10.0 Å². The molecule has 0 amide bonds. The number of hydrogen-bond donors (Lipinski definition) is 1. The predicted octanol–water partition coefficient (Wildman–Crippen LogP) is -0.152. The van der Waals surface area contributed by atoms with Gasteiger partial charge < -0.3 is 5.32 Å². The standard InChI is InChI=1S/C12H23N3O2S/c16-18(17,12-3-1-2-4-12)15-7-5-14(6-8-15)11-9-13-10-11/h11-13H,1-10H2. The molecule has 0 aromatic rings. The van der Waals surface area contributed by atoms with Crippen molar-refractivity contribution >= 4 is 10.0 Å². The molecule has 5 nitrogen and oxygen atoms in total. The second kappa shape index (κ2) is 5.07. The average molecular weight is 273 g/mol. The molecule has 6 heteroatoms. The average Bonchev–Trinajstić information content (AvgIpc) is 2.81. The molecule has 0 unspecified atom stereocenters. The molecule has 18 heavy (non-hydrogen) atoms. The quantitative estimate of drug-likeness (QED) is 0.777. The van der Waals surface area contributed by atoms with Crippen LogP contribution >= 0.6 is 0 Å². The largest absolute Gasteiger partial charge is 0.314 e. The van der Waals surface area contributed by atoms with Gasteiger partial charge >= 0.3 is 0 Å². The summed E-state index contributed by atoms with van der Waals surface area (Å²) in [7, 11) is -3.01. The maximum absolute atomic E-state index is 12.4. The fraction of sp³-hybridized carbons (Fsp3) is 1.00. The Morgan fingerprint density at radius 3 is 2.06 bits per heavy atom. The summed E-state index contributed by atoms with van der Waals surface area (Å²) in [5, 5.41) is 3.18. The van der Waals surface area contributed by atoms with Gasteiger partial charge in [0.15, 0.2) is 0 Å². The van der Waals surface area contributed by atoms with Crippen LogP contribution in [0.5, 0.6) is 0 Å². The molecule has 1 saturated carbocycles. The number of nitrogens with zero attached hydrogens (tertiary/aromatic N) is 2. The van der Waals surface area contributed by atoms with Crippen molar-refractivity contribution in [3.63, 3.8) is 0 Å². The van der Waals surface area contributed by atoms with Gasteiger partial charge in [0.1, 0.15) is 0 Å². The van der Waals surface area contributed by atoms with Crippen LogP contribution < -0.4 is 5.32 Å². The summed E-state index contributed by atoms with van der Waals surface area (Å²) >= 11 is 0. The van der Waals surface area contributed by atoms with E-state index in [2.05, 4.69) is 10.2 Å². The van der Waals surface area contributed by atoms with E-state index in [1.165, 1.54) is 0 Å². The molecular weight excluding hydrogens is 250 g/mol. The van der Waals surface area contributed by atoms with E-state index in [1.54, 1.807) is 4.31 Å². The van der Waals surface area contributed by atoms with Gasteiger partial charge in [-0.1, -0.05) is 12.8 Å². The molecule has 0 spiro atoms. The van der Waals surface area contributed by atoms with Crippen LogP contribution in [0, 0.1) is 0 Å². The van der Waals surface area contributed by atoms with Gasteiger partial charge in [0, 0.05) is 45.3 Å². The molecule has 0 bridgehead atoms. The SMILES string of the molecule is O=S(=O)(C1CCCC1)N1CCN(C2CNC2)CC1. The van der Waals surface area contributed by atoms with Crippen LogP contribution in [0.2, 0.25) is 0 Å². The Labute approximate surface area is 110 Å². The van der Waals surface area contributed by atoms with Crippen LogP contribution in [0.4, 0.5) is 0 Å². The summed E-state index contributed by atoms with van der Waals surface area (Å²) in [5.74, 6) is 0. The Hall–Kier alpha value is -0.170. The number of rotatable bonds is 3. The predicted molar refractivity (Wildman–Crippen MR) is 71.0 cm³/mol. The van der Waals surface area contributed by atoms with E-state index in [4.69, 9.17) is 0 Å². The third-order valence-corrected chi connectivity index (χ3v) is 7.03. The van der Waals surface area contributed by atoms with Crippen LogP contribution in [-0.4, -0.2) is 68.2 Å². The lowest BCUT2D eigenvalue weighted by molar-refractivity contribution is 0.103. The van der Waals surface area contributed by atoms with Gasteiger partial charge in [0.05, 0.1) is 5.25 Å². The normalized spacial score (nSPS) is 29.6. The highest BCUT2D eigenvalue weighted by atomic mass is 32.2. The number of sulfonamides is 1. The van der Waals surface area contributed by atoms with Crippen molar-refractivity contribution in [3.05, 3.63) is 0 Å². The second-order valence-corrected chi connectivity index (χ2v) is 7.91. The van der Waals surface area contributed by atoms with E-state index >= 15 is 0 Å². The third kappa shape index (κ3) is 2.31. The van der Waals surface area contributed by atoms with E-state index in [0.717, 1.165) is 51.9 Å². The first-order chi connectivity index (χ1) is 8.68. The maximum Gasteiger partial charge on any atom is 0.217 e. The zero-order valence-corrected chi connectivity index (χ0v) is 11.7. The van der Waals surface area contributed by atoms with Crippen molar-refractivity contribution in [2.75, 3.05) is 39.3 Å². The molecule has 0 atom stereocenters. The van der Waals surface area contributed by atoms with Gasteiger partial charge in [-0.05, 0) is 12.8 Å². The molecule has 1 aliphatic carbocycles. The van der Waals surface area contributed by atoms with Crippen molar-refractivity contribution in [2.24, 2.45) is 0 Å². The third-order valence-electron chi connectivity index (χ3n) is 4.63. The number of nitrogens with one attached hydrogen (secondary N) is 1. The minimum Gasteiger partial charge on any atom is -0.314 e. The van der Waals surface area contributed by atoms with E-state index in [0.29, 0.717) is 19.1 Å². The Morgan fingerprint density at radius 2 is 1.56 bits per heavy atom. The Balaban J connectivity index is 1.58. The molecular formula is C12H23N3O2S. The smallest absolute Gasteiger partial charge is 0.217 e. The maximum atomic E-state index is 12.4. The minimum atomic E-state index is -3.01. The summed E-state index contributed by atoms with van der Waals surface area (Å²) in [6.45, 7) is 5.31. The van der Waals surface area contributed by atoms with Crippen LogP contribution in [0.3, 0.4) is 0 Å². The Bertz CT molecular complexity index is 380. The summed E-state index contributed by atoms with van der Waals surface area (Å²) in [5.41, 5.74) is 0. The van der Waals surface area contributed by atoms with Crippen LogP contribution in [-0.2, 0) is 10.0 Å². The molecule has 0 aromatic heterocycles. The first kappa shape index (κ1) is 12.8. The summed E-state index contributed by atoms with van der Waals surface area (Å²) in [6.07, 6.45) is 3.90. The monoisotopic (exact) mass is 273 g/mol. The highest BCUT2D eigenvalue weighted by molar-refractivity contribution is 7.89. The minimum absolute atomic E-state index is 0.0885. The van der Waals surface area contributed by atoms with Crippen LogP contribution in [0.15, 0.2) is 0 Å². The Morgan fingerprint density at radius 1 is 0.944 bits per heavy atom. The van der Waals surface area contributed by atoms with Gasteiger partial charge in [-0.15, -0.1) is 0 Å². The number of piperazine rings is 1. The second-order valence-electron chi connectivity index (χ2n) is 5.70. The summed E-state index contributed by atoms with van der Waals surface area (Å²) in [4.78, 5) is 2.43. The van der Waals surface area contributed by atoms with Crippen molar-refractivity contribution in [1.82, 2.24) is 14.5 Å². The highest BCUT2D eigenvalue weighted by Gasteiger charge is 2.37. The molecule has 0 radical (unpaired) electrons. The molecule has 104 valence electrons. The lowest BCUT2D eigenvalue weighted by atomic mass is 10.1. The molecule has 1 N–H and O–H groups in total. The molecule has 3 rings (SSSR count). The van der Waals surface area contributed by atoms with Crippen LogP contribution in [0.1, 0.15) is 25.7 Å². The van der Waals surface area contributed by atoms with Gasteiger partial charge in [0.25, 0.3) is 0 Å². The molecule has 2 saturated heterocycles. The van der Waals surface area contributed by atoms with E-state index in [9.17, 15) is 8.42 Å². The van der Waals surface area contributed by atoms with Crippen LogP contribution in [0.25, 0.3) is 0 Å².